The van der Waals surface area contributed by atoms with Gasteiger partial charge in [0.2, 0.25) is 0 Å². The summed E-state index contributed by atoms with van der Waals surface area (Å²) < 4.78 is 22.7. The molecule has 0 radical (unpaired) electrons. The van der Waals surface area contributed by atoms with Crippen molar-refractivity contribution < 1.29 is 8.42 Å². The molecule has 26 heavy (non-hydrogen) atoms. The molecule has 0 fully saturated rings. The molecule has 0 aromatic heterocycles. The van der Waals surface area contributed by atoms with Gasteiger partial charge in [-0.3, -0.25) is 4.99 Å². The third kappa shape index (κ3) is 7.74. The molecule has 2 aromatic rings. The molecule has 0 bridgehead atoms. The van der Waals surface area contributed by atoms with Gasteiger partial charge in [0.15, 0.2) is 15.8 Å². The zero-order chi connectivity index (χ0) is 18.3. The molecule has 142 valence electrons. The van der Waals surface area contributed by atoms with Gasteiger partial charge in [0, 0.05) is 33.4 Å². The van der Waals surface area contributed by atoms with Crippen molar-refractivity contribution in [1.82, 2.24) is 10.2 Å². The van der Waals surface area contributed by atoms with Gasteiger partial charge in [-0.15, -0.1) is 24.0 Å². The second kappa shape index (κ2) is 10.5. The molecule has 0 aliphatic carbocycles. The molecule has 2 rings (SSSR count). The molecular formula is C19H26IN3O2S. The Morgan fingerprint density at radius 2 is 1.58 bits per heavy atom. The molecule has 0 saturated heterocycles. The third-order valence-corrected chi connectivity index (χ3v) is 4.60. The summed E-state index contributed by atoms with van der Waals surface area (Å²) in [6.07, 6.45) is 1.25. The summed E-state index contributed by atoms with van der Waals surface area (Å²) in [5.41, 5.74) is 3.10. The van der Waals surface area contributed by atoms with Crippen LogP contribution in [0.25, 0.3) is 0 Å². The molecule has 0 amide bonds. The van der Waals surface area contributed by atoms with E-state index >= 15 is 0 Å². The van der Waals surface area contributed by atoms with Crippen LogP contribution in [0.4, 0.5) is 0 Å². The summed E-state index contributed by atoms with van der Waals surface area (Å²) in [5, 5.41) is 3.33. The number of hydrogen-bond acceptors (Lipinski definition) is 3. The topological polar surface area (TPSA) is 61.8 Å². The van der Waals surface area contributed by atoms with Crippen molar-refractivity contribution in [2.75, 3.05) is 20.4 Å². The van der Waals surface area contributed by atoms with Gasteiger partial charge in [0.1, 0.15) is 0 Å². The summed E-state index contributed by atoms with van der Waals surface area (Å²) in [6, 6.07) is 17.8. The second-order valence-corrected chi connectivity index (χ2v) is 8.27. The van der Waals surface area contributed by atoms with Crippen molar-refractivity contribution in [2.45, 2.75) is 18.8 Å². The van der Waals surface area contributed by atoms with Gasteiger partial charge in [-0.25, -0.2) is 8.42 Å². The minimum absolute atomic E-state index is 0. The highest BCUT2D eigenvalue weighted by Crippen LogP contribution is 2.08. The van der Waals surface area contributed by atoms with Gasteiger partial charge in [0.05, 0.1) is 5.75 Å². The van der Waals surface area contributed by atoms with E-state index in [1.54, 1.807) is 7.05 Å². The highest BCUT2D eigenvalue weighted by molar-refractivity contribution is 14.0. The van der Waals surface area contributed by atoms with Crippen LogP contribution in [0.1, 0.15) is 16.7 Å². The van der Waals surface area contributed by atoms with Crippen LogP contribution in [0.15, 0.2) is 59.6 Å². The van der Waals surface area contributed by atoms with Crippen LogP contribution in [0.3, 0.4) is 0 Å². The number of aliphatic imine (C=N–C) groups is 1. The summed E-state index contributed by atoms with van der Waals surface area (Å²) in [7, 11) is 0.758. The predicted molar refractivity (Wildman–Crippen MR) is 119 cm³/mol. The number of nitrogens with one attached hydrogen (secondary N) is 1. The monoisotopic (exact) mass is 487 g/mol. The molecule has 1 N–H and O–H groups in total. The standard InChI is InChI=1S/C19H25N3O2S.HI/c1-20-19(22(2)14-17-7-5-4-6-8-17)21-13-16-9-11-18(12-10-16)15-25(3,23)24;/h4-12H,13-15H2,1-3H3,(H,20,21);1H. The summed E-state index contributed by atoms with van der Waals surface area (Å²) in [6.45, 7) is 1.40. The lowest BCUT2D eigenvalue weighted by Gasteiger charge is -2.22. The number of rotatable bonds is 6. The van der Waals surface area contributed by atoms with Gasteiger partial charge in [-0.1, -0.05) is 54.6 Å². The Bertz CT molecular complexity index is 806. The van der Waals surface area contributed by atoms with Crippen LogP contribution in [-0.4, -0.2) is 39.6 Å². The average Bonchev–Trinajstić information content (AvgIpc) is 2.56. The van der Waals surface area contributed by atoms with E-state index in [1.165, 1.54) is 11.8 Å². The van der Waals surface area contributed by atoms with Crippen molar-refractivity contribution in [2.24, 2.45) is 4.99 Å². The molecule has 5 nitrogen and oxygen atoms in total. The lowest BCUT2D eigenvalue weighted by molar-refractivity contribution is 0.476. The Labute approximate surface area is 173 Å². The Morgan fingerprint density at radius 3 is 2.12 bits per heavy atom. The summed E-state index contributed by atoms with van der Waals surface area (Å²) >= 11 is 0. The molecule has 0 spiro atoms. The number of halogens is 1. The zero-order valence-corrected chi connectivity index (χ0v) is 18.5. The van der Waals surface area contributed by atoms with E-state index in [-0.39, 0.29) is 29.7 Å². The molecule has 7 heteroatoms. The van der Waals surface area contributed by atoms with Gasteiger partial charge >= 0.3 is 0 Å². The third-order valence-electron chi connectivity index (χ3n) is 3.74. The number of benzene rings is 2. The molecule has 0 saturated carbocycles. The van der Waals surface area contributed by atoms with Gasteiger partial charge in [0.25, 0.3) is 0 Å². The maximum Gasteiger partial charge on any atom is 0.193 e. The van der Waals surface area contributed by atoms with E-state index in [2.05, 4.69) is 27.3 Å². The first kappa shape index (κ1) is 22.4. The van der Waals surface area contributed by atoms with Crippen molar-refractivity contribution in [3.63, 3.8) is 0 Å². The normalized spacial score (nSPS) is 11.6. The Kier molecular flexibility index (Phi) is 9.07. The summed E-state index contributed by atoms with van der Waals surface area (Å²) in [4.78, 5) is 6.38. The van der Waals surface area contributed by atoms with Crippen molar-refractivity contribution in [3.8, 4) is 0 Å². The quantitative estimate of drug-likeness (QED) is 0.387. The van der Waals surface area contributed by atoms with E-state index in [1.807, 2.05) is 49.5 Å². The van der Waals surface area contributed by atoms with Gasteiger partial charge < -0.3 is 10.2 Å². The number of guanidine groups is 1. The first-order valence-electron chi connectivity index (χ1n) is 8.08. The van der Waals surface area contributed by atoms with Crippen LogP contribution in [0, 0.1) is 0 Å². The van der Waals surface area contributed by atoms with Crippen LogP contribution in [-0.2, 0) is 28.7 Å². The molecule has 0 aliphatic heterocycles. The fourth-order valence-corrected chi connectivity index (χ4v) is 3.35. The zero-order valence-electron chi connectivity index (χ0n) is 15.3. The molecule has 0 heterocycles. The van der Waals surface area contributed by atoms with E-state index < -0.39 is 9.84 Å². The minimum atomic E-state index is -3.00. The minimum Gasteiger partial charge on any atom is -0.352 e. The fourth-order valence-electron chi connectivity index (χ4n) is 2.55. The maximum absolute atomic E-state index is 11.3. The molecular weight excluding hydrogens is 461 g/mol. The molecule has 0 aliphatic rings. The van der Waals surface area contributed by atoms with Gasteiger partial charge in [-0.2, -0.15) is 0 Å². The maximum atomic E-state index is 11.3. The fraction of sp³-hybridized carbons (Fsp3) is 0.316. The highest BCUT2D eigenvalue weighted by atomic mass is 127. The number of hydrogen-bond donors (Lipinski definition) is 1. The van der Waals surface area contributed by atoms with Crippen LogP contribution >= 0.6 is 24.0 Å². The lowest BCUT2D eigenvalue weighted by atomic mass is 10.1. The smallest absolute Gasteiger partial charge is 0.193 e. The summed E-state index contributed by atoms with van der Waals surface area (Å²) in [5.74, 6) is 0.881. The number of sulfone groups is 1. The Hall–Kier alpha value is -1.61. The van der Waals surface area contributed by atoms with E-state index in [0.29, 0.717) is 6.54 Å². The van der Waals surface area contributed by atoms with E-state index in [4.69, 9.17) is 0 Å². The Balaban J connectivity index is 0.00000338. The number of nitrogens with zero attached hydrogens (tertiary/aromatic N) is 2. The van der Waals surface area contributed by atoms with E-state index in [0.717, 1.165) is 23.6 Å². The average molecular weight is 487 g/mol. The van der Waals surface area contributed by atoms with Crippen molar-refractivity contribution in [3.05, 3.63) is 71.3 Å². The molecule has 0 atom stereocenters. The first-order chi connectivity index (χ1) is 11.9. The lowest BCUT2D eigenvalue weighted by Crippen LogP contribution is -2.38. The van der Waals surface area contributed by atoms with Crippen molar-refractivity contribution in [1.29, 1.82) is 0 Å². The van der Waals surface area contributed by atoms with Crippen LogP contribution in [0.2, 0.25) is 0 Å². The molecule has 2 aromatic carbocycles. The highest BCUT2D eigenvalue weighted by Gasteiger charge is 2.07. The SMILES string of the molecule is CN=C(NCc1ccc(CS(C)(=O)=O)cc1)N(C)Cc1ccccc1.I. The largest absolute Gasteiger partial charge is 0.352 e. The van der Waals surface area contributed by atoms with Gasteiger partial charge in [-0.05, 0) is 16.7 Å². The van der Waals surface area contributed by atoms with Crippen molar-refractivity contribution >= 4 is 39.8 Å². The Morgan fingerprint density at radius 1 is 1.00 bits per heavy atom. The van der Waals surface area contributed by atoms with Crippen LogP contribution < -0.4 is 5.32 Å². The second-order valence-electron chi connectivity index (χ2n) is 6.13. The van der Waals surface area contributed by atoms with Crippen LogP contribution in [0.5, 0.6) is 0 Å². The first-order valence-corrected chi connectivity index (χ1v) is 10.1. The van der Waals surface area contributed by atoms with E-state index in [9.17, 15) is 8.42 Å². The molecule has 0 unspecified atom stereocenters. The predicted octanol–water partition coefficient (Wildman–Crippen LogP) is 3.06.